The first-order valence-electron chi connectivity index (χ1n) is 5.19. The van der Waals surface area contributed by atoms with Crippen LogP contribution in [-0.2, 0) is 4.74 Å². The minimum absolute atomic E-state index is 0.563. The van der Waals surface area contributed by atoms with Crippen LogP contribution in [0.25, 0.3) is 10.9 Å². The first kappa shape index (κ1) is 9.43. The Morgan fingerprint density at radius 2 is 2.33 bits per heavy atom. The van der Waals surface area contributed by atoms with Gasteiger partial charge in [0.25, 0.3) is 0 Å². The van der Waals surface area contributed by atoms with Crippen molar-refractivity contribution in [2.45, 2.75) is 12.3 Å². The molecule has 1 fully saturated rings. The van der Waals surface area contributed by atoms with Gasteiger partial charge in [0.2, 0.25) is 0 Å². The standard InChI is InChI=1S/C12H12BrNO/c13-11-3-1-2-9-10(6-14-12(9)11)8-4-5-15-7-8/h1-3,6,8,14H,4-5,7H2. The molecule has 1 aromatic heterocycles. The molecule has 2 heterocycles. The number of aromatic amines is 1. The number of para-hydroxylation sites is 1. The third kappa shape index (κ3) is 1.50. The van der Waals surface area contributed by atoms with Crippen molar-refractivity contribution >= 4 is 26.8 Å². The van der Waals surface area contributed by atoms with Crippen molar-refractivity contribution in [2.24, 2.45) is 0 Å². The van der Waals surface area contributed by atoms with Crippen molar-refractivity contribution in [1.29, 1.82) is 0 Å². The van der Waals surface area contributed by atoms with Gasteiger partial charge in [-0.2, -0.15) is 0 Å². The van der Waals surface area contributed by atoms with Gasteiger partial charge in [-0.25, -0.2) is 0 Å². The van der Waals surface area contributed by atoms with E-state index in [4.69, 9.17) is 4.74 Å². The summed E-state index contributed by atoms with van der Waals surface area (Å²) < 4.78 is 6.56. The number of H-pyrrole nitrogens is 1. The molecule has 0 spiro atoms. The fourth-order valence-electron chi connectivity index (χ4n) is 2.26. The molecule has 1 aliphatic rings. The predicted molar refractivity (Wildman–Crippen MR) is 64.2 cm³/mol. The average molecular weight is 266 g/mol. The molecule has 1 saturated heterocycles. The number of rotatable bonds is 1. The lowest BCUT2D eigenvalue weighted by molar-refractivity contribution is 0.194. The lowest BCUT2D eigenvalue weighted by atomic mass is 9.98. The van der Waals surface area contributed by atoms with E-state index < -0.39 is 0 Å². The van der Waals surface area contributed by atoms with E-state index in [-0.39, 0.29) is 0 Å². The zero-order valence-electron chi connectivity index (χ0n) is 8.29. The van der Waals surface area contributed by atoms with Gasteiger partial charge < -0.3 is 9.72 Å². The topological polar surface area (TPSA) is 25.0 Å². The Hall–Kier alpha value is -0.800. The molecule has 0 radical (unpaired) electrons. The first-order valence-corrected chi connectivity index (χ1v) is 5.99. The van der Waals surface area contributed by atoms with E-state index in [1.165, 1.54) is 16.5 Å². The van der Waals surface area contributed by atoms with Gasteiger partial charge in [0.1, 0.15) is 0 Å². The third-order valence-corrected chi connectivity index (χ3v) is 3.73. The number of halogens is 1. The molecule has 3 rings (SSSR count). The molecule has 78 valence electrons. The largest absolute Gasteiger partial charge is 0.381 e. The van der Waals surface area contributed by atoms with Gasteiger partial charge in [0, 0.05) is 28.6 Å². The maximum absolute atomic E-state index is 5.43. The summed E-state index contributed by atoms with van der Waals surface area (Å²) in [6.07, 6.45) is 3.26. The number of benzene rings is 1. The van der Waals surface area contributed by atoms with Crippen molar-refractivity contribution in [3.63, 3.8) is 0 Å². The van der Waals surface area contributed by atoms with Crippen LogP contribution in [-0.4, -0.2) is 18.2 Å². The maximum Gasteiger partial charge on any atom is 0.0601 e. The van der Waals surface area contributed by atoms with E-state index in [2.05, 4.69) is 45.3 Å². The maximum atomic E-state index is 5.43. The molecule has 0 saturated carbocycles. The second-order valence-corrected chi connectivity index (χ2v) is 4.82. The summed E-state index contributed by atoms with van der Waals surface area (Å²) in [7, 11) is 0. The van der Waals surface area contributed by atoms with Gasteiger partial charge in [0.05, 0.1) is 12.1 Å². The number of hydrogen-bond acceptors (Lipinski definition) is 1. The van der Waals surface area contributed by atoms with Gasteiger partial charge in [-0.1, -0.05) is 12.1 Å². The average Bonchev–Trinajstić information content (AvgIpc) is 2.85. The summed E-state index contributed by atoms with van der Waals surface area (Å²) >= 11 is 3.56. The third-order valence-electron chi connectivity index (χ3n) is 3.07. The van der Waals surface area contributed by atoms with Crippen LogP contribution in [0.15, 0.2) is 28.9 Å². The van der Waals surface area contributed by atoms with Crippen molar-refractivity contribution in [1.82, 2.24) is 4.98 Å². The van der Waals surface area contributed by atoms with Gasteiger partial charge >= 0.3 is 0 Å². The van der Waals surface area contributed by atoms with Crippen molar-refractivity contribution in [2.75, 3.05) is 13.2 Å². The quantitative estimate of drug-likeness (QED) is 0.840. The van der Waals surface area contributed by atoms with E-state index in [1.807, 2.05) is 0 Å². The molecular weight excluding hydrogens is 254 g/mol. The van der Waals surface area contributed by atoms with E-state index in [0.717, 1.165) is 24.1 Å². The van der Waals surface area contributed by atoms with Crippen LogP contribution < -0.4 is 0 Å². The number of aromatic nitrogens is 1. The lowest BCUT2D eigenvalue weighted by Gasteiger charge is -2.05. The van der Waals surface area contributed by atoms with Crippen LogP contribution in [0.1, 0.15) is 17.9 Å². The molecule has 3 heteroatoms. The van der Waals surface area contributed by atoms with Crippen LogP contribution in [0.5, 0.6) is 0 Å². The van der Waals surface area contributed by atoms with Crippen LogP contribution in [0, 0.1) is 0 Å². The minimum atomic E-state index is 0.563. The molecule has 1 aliphatic heterocycles. The van der Waals surface area contributed by atoms with E-state index in [1.54, 1.807) is 0 Å². The smallest absolute Gasteiger partial charge is 0.0601 e. The summed E-state index contributed by atoms with van der Waals surface area (Å²) in [6.45, 7) is 1.75. The molecule has 1 aromatic carbocycles. The zero-order chi connectivity index (χ0) is 10.3. The van der Waals surface area contributed by atoms with E-state index >= 15 is 0 Å². The molecule has 1 atom stereocenters. The summed E-state index contributed by atoms with van der Waals surface area (Å²) in [6, 6.07) is 6.32. The number of ether oxygens (including phenoxy) is 1. The van der Waals surface area contributed by atoms with Crippen LogP contribution >= 0.6 is 15.9 Å². The van der Waals surface area contributed by atoms with Gasteiger partial charge in [-0.15, -0.1) is 0 Å². The number of fused-ring (bicyclic) bond motifs is 1. The second-order valence-electron chi connectivity index (χ2n) is 3.97. The highest BCUT2D eigenvalue weighted by Crippen LogP contribution is 2.33. The zero-order valence-corrected chi connectivity index (χ0v) is 9.88. The Kier molecular flexibility index (Phi) is 2.29. The summed E-state index contributed by atoms with van der Waals surface area (Å²) in [5, 5.41) is 1.32. The summed E-state index contributed by atoms with van der Waals surface area (Å²) in [5.74, 6) is 0.563. The first-order chi connectivity index (χ1) is 7.36. The Morgan fingerprint density at radius 1 is 1.40 bits per heavy atom. The fourth-order valence-corrected chi connectivity index (χ4v) is 2.74. The molecule has 1 unspecified atom stereocenters. The summed E-state index contributed by atoms with van der Waals surface area (Å²) in [4.78, 5) is 3.33. The summed E-state index contributed by atoms with van der Waals surface area (Å²) in [5.41, 5.74) is 2.59. The van der Waals surface area contributed by atoms with Crippen LogP contribution in [0.4, 0.5) is 0 Å². The molecular formula is C12H12BrNO. The van der Waals surface area contributed by atoms with E-state index in [0.29, 0.717) is 5.92 Å². The molecule has 0 aliphatic carbocycles. The van der Waals surface area contributed by atoms with Gasteiger partial charge in [0.15, 0.2) is 0 Å². The second kappa shape index (κ2) is 3.65. The minimum Gasteiger partial charge on any atom is -0.381 e. The monoisotopic (exact) mass is 265 g/mol. The lowest BCUT2D eigenvalue weighted by Crippen LogP contribution is -1.95. The van der Waals surface area contributed by atoms with Gasteiger partial charge in [-0.3, -0.25) is 0 Å². The molecule has 15 heavy (non-hydrogen) atoms. The molecule has 0 bridgehead atoms. The number of hydrogen-bond donors (Lipinski definition) is 1. The highest BCUT2D eigenvalue weighted by molar-refractivity contribution is 9.10. The van der Waals surface area contributed by atoms with Gasteiger partial charge in [-0.05, 0) is 34.0 Å². The highest BCUT2D eigenvalue weighted by atomic mass is 79.9. The SMILES string of the molecule is Brc1cccc2c(C3CCOC3)c[nH]c12. The van der Waals surface area contributed by atoms with E-state index in [9.17, 15) is 0 Å². The Balaban J connectivity index is 2.15. The van der Waals surface area contributed by atoms with Crippen molar-refractivity contribution in [3.8, 4) is 0 Å². The molecule has 2 nitrogen and oxygen atoms in total. The molecule has 1 N–H and O–H groups in total. The molecule has 2 aromatic rings. The van der Waals surface area contributed by atoms with Crippen LogP contribution in [0.3, 0.4) is 0 Å². The Bertz CT molecular complexity index is 485. The normalized spacial score (nSPS) is 21.3. The Labute approximate surface area is 96.8 Å². The van der Waals surface area contributed by atoms with Crippen molar-refractivity contribution in [3.05, 3.63) is 34.4 Å². The van der Waals surface area contributed by atoms with Crippen LogP contribution in [0.2, 0.25) is 0 Å². The fraction of sp³-hybridized carbons (Fsp3) is 0.333. The molecule has 0 amide bonds. The number of nitrogens with one attached hydrogen (secondary N) is 1. The Morgan fingerprint density at radius 3 is 3.13 bits per heavy atom. The van der Waals surface area contributed by atoms with Crippen molar-refractivity contribution < 1.29 is 4.74 Å². The predicted octanol–water partition coefficient (Wildman–Crippen LogP) is 3.43. The highest BCUT2D eigenvalue weighted by Gasteiger charge is 2.20.